The van der Waals surface area contributed by atoms with E-state index in [1.807, 2.05) is 0 Å². The van der Waals surface area contributed by atoms with Crippen molar-refractivity contribution in [1.29, 1.82) is 0 Å². The molecule has 3 N–H and O–H groups in total. The molecule has 1 heterocycles. The molecule has 1 rings (SSSR count). The summed E-state index contributed by atoms with van der Waals surface area (Å²) in [5.74, 6) is 0.0577. The number of hydrogen-bond acceptors (Lipinski definition) is 4. The van der Waals surface area contributed by atoms with Gasteiger partial charge in [-0.1, -0.05) is 13.3 Å². The first-order valence-corrected chi connectivity index (χ1v) is 7.31. The van der Waals surface area contributed by atoms with Gasteiger partial charge in [-0.25, -0.2) is 0 Å². The lowest BCUT2D eigenvalue weighted by Crippen LogP contribution is -2.55. The van der Waals surface area contributed by atoms with Crippen LogP contribution in [-0.4, -0.2) is 55.2 Å². The molecule has 1 unspecified atom stereocenters. The summed E-state index contributed by atoms with van der Waals surface area (Å²) in [6, 6.07) is -0.0171. The van der Waals surface area contributed by atoms with Crippen molar-refractivity contribution >= 4 is 5.91 Å². The molecule has 1 atom stereocenters. The Bertz CT molecular complexity index is 276. The average molecular weight is 271 g/mol. The summed E-state index contributed by atoms with van der Waals surface area (Å²) in [7, 11) is 0. The van der Waals surface area contributed by atoms with Gasteiger partial charge in [0, 0.05) is 37.6 Å². The van der Waals surface area contributed by atoms with Gasteiger partial charge in [-0.2, -0.15) is 0 Å². The van der Waals surface area contributed by atoms with Gasteiger partial charge in [-0.15, -0.1) is 0 Å². The number of nitrogens with zero attached hydrogens (tertiary/aromatic N) is 1. The first-order chi connectivity index (χ1) is 8.95. The molecule has 1 fully saturated rings. The molecule has 5 heteroatoms. The van der Waals surface area contributed by atoms with Gasteiger partial charge in [0.2, 0.25) is 5.91 Å². The molecule has 1 aliphatic rings. The SMILES string of the molecule is CCCC(N)CC(=O)NCC(C)(C)N1CCOCC1. The summed E-state index contributed by atoms with van der Waals surface area (Å²) in [6.45, 7) is 10.5. The second kappa shape index (κ2) is 7.82. The Kier molecular flexibility index (Phi) is 6.75. The first-order valence-electron chi connectivity index (χ1n) is 7.31. The van der Waals surface area contributed by atoms with Crippen LogP contribution in [0.15, 0.2) is 0 Å². The third kappa shape index (κ3) is 5.89. The Hall–Kier alpha value is -0.650. The minimum absolute atomic E-state index is 0.0171. The molecule has 1 aliphatic heterocycles. The molecule has 0 aromatic carbocycles. The highest BCUT2D eigenvalue weighted by atomic mass is 16.5. The summed E-state index contributed by atoms with van der Waals surface area (Å²) in [5, 5.41) is 3.01. The second-order valence-corrected chi connectivity index (χ2v) is 5.94. The van der Waals surface area contributed by atoms with E-state index in [1.165, 1.54) is 0 Å². The van der Waals surface area contributed by atoms with E-state index in [1.54, 1.807) is 0 Å². The largest absolute Gasteiger partial charge is 0.379 e. The van der Waals surface area contributed by atoms with Crippen molar-refractivity contribution in [3.63, 3.8) is 0 Å². The number of hydrogen-bond donors (Lipinski definition) is 2. The maximum atomic E-state index is 11.8. The summed E-state index contributed by atoms with van der Waals surface area (Å²) >= 11 is 0. The topological polar surface area (TPSA) is 67.6 Å². The summed E-state index contributed by atoms with van der Waals surface area (Å²) in [4.78, 5) is 14.2. The van der Waals surface area contributed by atoms with Crippen molar-refractivity contribution in [2.24, 2.45) is 5.73 Å². The van der Waals surface area contributed by atoms with Crippen LogP contribution in [0.25, 0.3) is 0 Å². The van der Waals surface area contributed by atoms with Crippen molar-refractivity contribution < 1.29 is 9.53 Å². The summed E-state index contributed by atoms with van der Waals surface area (Å²) in [5.41, 5.74) is 5.85. The van der Waals surface area contributed by atoms with Gasteiger partial charge in [0.05, 0.1) is 13.2 Å². The molecule has 5 nitrogen and oxygen atoms in total. The molecular weight excluding hydrogens is 242 g/mol. The first kappa shape index (κ1) is 16.4. The van der Waals surface area contributed by atoms with E-state index in [-0.39, 0.29) is 17.5 Å². The fourth-order valence-corrected chi connectivity index (χ4v) is 2.38. The predicted octanol–water partition coefficient (Wildman–Crippen LogP) is 0.731. The molecule has 0 radical (unpaired) electrons. The van der Waals surface area contributed by atoms with Crippen molar-refractivity contribution in [3.8, 4) is 0 Å². The van der Waals surface area contributed by atoms with E-state index < -0.39 is 0 Å². The van der Waals surface area contributed by atoms with Gasteiger partial charge in [0.1, 0.15) is 0 Å². The van der Waals surface area contributed by atoms with Gasteiger partial charge < -0.3 is 15.8 Å². The van der Waals surface area contributed by atoms with E-state index in [0.717, 1.165) is 39.1 Å². The van der Waals surface area contributed by atoms with Gasteiger partial charge in [-0.05, 0) is 20.3 Å². The number of rotatable bonds is 7. The predicted molar refractivity (Wildman–Crippen MR) is 77.0 cm³/mol. The molecule has 0 aliphatic carbocycles. The van der Waals surface area contributed by atoms with Gasteiger partial charge in [-0.3, -0.25) is 9.69 Å². The van der Waals surface area contributed by atoms with E-state index >= 15 is 0 Å². The average Bonchev–Trinajstić information content (AvgIpc) is 2.38. The standard InChI is InChI=1S/C14H29N3O2/c1-4-5-12(15)10-13(18)16-11-14(2,3)17-6-8-19-9-7-17/h12H,4-11,15H2,1-3H3,(H,16,18). The summed E-state index contributed by atoms with van der Waals surface area (Å²) < 4.78 is 5.35. The van der Waals surface area contributed by atoms with Crippen LogP contribution in [0.4, 0.5) is 0 Å². The fraction of sp³-hybridized carbons (Fsp3) is 0.929. The molecule has 1 amide bonds. The van der Waals surface area contributed by atoms with Gasteiger partial charge in [0.25, 0.3) is 0 Å². The maximum absolute atomic E-state index is 11.8. The molecule has 0 spiro atoms. The molecule has 19 heavy (non-hydrogen) atoms. The third-order valence-electron chi connectivity index (χ3n) is 3.69. The Morgan fingerprint density at radius 3 is 2.63 bits per heavy atom. The number of amides is 1. The lowest BCUT2D eigenvalue weighted by molar-refractivity contribution is -0.122. The number of carbonyl (C=O) groups is 1. The zero-order chi connectivity index (χ0) is 14.3. The van der Waals surface area contributed by atoms with Crippen LogP contribution in [0.5, 0.6) is 0 Å². The van der Waals surface area contributed by atoms with Crippen LogP contribution in [0.3, 0.4) is 0 Å². The lowest BCUT2D eigenvalue weighted by Gasteiger charge is -2.40. The minimum atomic E-state index is -0.0334. The van der Waals surface area contributed by atoms with Crippen LogP contribution in [0.2, 0.25) is 0 Å². The molecular formula is C14H29N3O2. The number of ether oxygens (including phenoxy) is 1. The Morgan fingerprint density at radius 1 is 1.42 bits per heavy atom. The third-order valence-corrected chi connectivity index (χ3v) is 3.69. The van der Waals surface area contributed by atoms with Crippen molar-refractivity contribution in [2.45, 2.75) is 51.6 Å². The fourth-order valence-electron chi connectivity index (χ4n) is 2.38. The minimum Gasteiger partial charge on any atom is -0.379 e. The monoisotopic (exact) mass is 271 g/mol. The van der Waals surface area contributed by atoms with E-state index in [4.69, 9.17) is 10.5 Å². The number of nitrogens with two attached hydrogens (primary N) is 1. The molecule has 112 valence electrons. The Morgan fingerprint density at radius 2 is 2.05 bits per heavy atom. The number of carbonyl (C=O) groups excluding carboxylic acids is 1. The number of nitrogens with one attached hydrogen (secondary N) is 1. The smallest absolute Gasteiger partial charge is 0.221 e. The van der Waals surface area contributed by atoms with Gasteiger partial charge >= 0.3 is 0 Å². The highest BCUT2D eigenvalue weighted by Gasteiger charge is 2.28. The maximum Gasteiger partial charge on any atom is 0.221 e. The van der Waals surface area contributed by atoms with Crippen molar-refractivity contribution in [1.82, 2.24) is 10.2 Å². The molecule has 0 aromatic heterocycles. The number of morpholine rings is 1. The molecule has 1 saturated heterocycles. The van der Waals surface area contributed by atoms with Crippen molar-refractivity contribution in [2.75, 3.05) is 32.8 Å². The Labute approximate surface area is 116 Å². The highest BCUT2D eigenvalue weighted by molar-refractivity contribution is 5.76. The second-order valence-electron chi connectivity index (χ2n) is 5.94. The van der Waals surface area contributed by atoms with Crippen LogP contribution < -0.4 is 11.1 Å². The quantitative estimate of drug-likeness (QED) is 0.716. The van der Waals surface area contributed by atoms with E-state index in [9.17, 15) is 4.79 Å². The van der Waals surface area contributed by atoms with E-state index in [0.29, 0.717) is 13.0 Å². The van der Waals surface area contributed by atoms with Crippen molar-refractivity contribution in [3.05, 3.63) is 0 Å². The van der Waals surface area contributed by atoms with Crippen LogP contribution in [0, 0.1) is 0 Å². The van der Waals surface area contributed by atoms with Gasteiger partial charge in [0.15, 0.2) is 0 Å². The van der Waals surface area contributed by atoms with Crippen LogP contribution in [-0.2, 0) is 9.53 Å². The zero-order valence-corrected chi connectivity index (χ0v) is 12.6. The van der Waals surface area contributed by atoms with Crippen LogP contribution >= 0.6 is 0 Å². The van der Waals surface area contributed by atoms with Crippen LogP contribution in [0.1, 0.15) is 40.0 Å². The van der Waals surface area contributed by atoms with E-state index in [2.05, 4.69) is 31.0 Å². The zero-order valence-electron chi connectivity index (χ0n) is 12.6. The molecule has 0 saturated carbocycles. The molecule has 0 aromatic rings. The highest BCUT2D eigenvalue weighted by Crippen LogP contribution is 2.15. The lowest BCUT2D eigenvalue weighted by atomic mass is 10.0. The molecule has 0 bridgehead atoms. The Balaban J connectivity index is 2.31. The summed E-state index contributed by atoms with van der Waals surface area (Å²) in [6.07, 6.45) is 2.35. The normalized spacial score (nSPS) is 19.2.